The first-order valence-corrected chi connectivity index (χ1v) is 11.9. The van der Waals surface area contributed by atoms with Gasteiger partial charge in [-0.15, -0.1) is 13.2 Å². The van der Waals surface area contributed by atoms with Crippen molar-refractivity contribution in [2.24, 2.45) is 5.92 Å². The van der Waals surface area contributed by atoms with Crippen molar-refractivity contribution in [3.63, 3.8) is 0 Å². The Labute approximate surface area is 206 Å². The number of hydrogen-bond acceptors (Lipinski definition) is 2. The van der Waals surface area contributed by atoms with E-state index in [1.807, 2.05) is 25.7 Å². The molecule has 2 aromatic carbocycles. The van der Waals surface area contributed by atoms with Gasteiger partial charge in [-0.3, -0.25) is 0 Å². The van der Waals surface area contributed by atoms with E-state index in [2.05, 4.69) is 88.0 Å². The van der Waals surface area contributed by atoms with Crippen LogP contribution >= 0.6 is 0 Å². The Morgan fingerprint density at radius 3 is 2.26 bits per heavy atom. The van der Waals surface area contributed by atoms with E-state index < -0.39 is 0 Å². The molecule has 182 valence electrons. The molecule has 0 fully saturated rings. The fourth-order valence-corrected chi connectivity index (χ4v) is 4.47. The Balaban J connectivity index is 0.00000137. The van der Waals surface area contributed by atoms with E-state index in [-0.39, 0.29) is 0 Å². The fraction of sp³-hybridized carbons (Fsp3) is 0.355. The number of aromatic nitrogens is 1. The summed E-state index contributed by atoms with van der Waals surface area (Å²) in [5.41, 5.74) is 8.43. The first kappa shape index (κ1) is 28.8. The number of allylic oxidation sites excluding steroid dienone is 2. The SMILES string of the molecule is C=CCCC(C)Cc1c(C)ccc2c1ccn2CCc1ccc(C)c(C(C)C=C)c1.C=O.C=O. The van der Waals surface area contributed by atoms with E-state index in [0.717, 1.165) is 25.8 Å². The highest BCUT2D eigenvalue weighted by Crippen LogP contribution is 2.28. The largest absolute Gasteiger partial charge is 0.347 e. The van der Waals surface area contributed by atoms with Crippen LogP contribution in [-0.4, -0.2) is 18.1 Å². The zero-order valence-electron chi connectivity index (χ0n) is 21.5. The van der Waals surface area contributed by atoms with Crippen molar-refractivity contribution in [1.82, 2.24) is 4.57 Å². The number of rotatable bonds is 10. The number of fused-ring (bicyclic) bond motifs is 1. The molecule has 3 aromatic rings. The summed E-state index contributed by atoms with van der Waals surface area (Å²) in [5.74, 6) is 1.07. The van der Waals surface area contributed by atoms with Gasteiger partial charge in [-0.05, 0) is 91.3 Å². The molecule has 1 aromatic heterocycles. The number of carbonyl (C=O) groups excluding carboxylic acids is 2. The normalized spacial score (nSPS) is 12.0. The summed E-state index contributed by atoms with van der Waals surface area (Å²) in [5, 5.41) is 1.42. The van der Waals surface area contributed by atoms with Gasteiger partial charge in [-0.2, -0.15) is 0 Å². The molecule has 2 unspecified atom stereocenters. The van der Waals surface area contributed by atoms with Crippen LogP contribution in [0.5, 0.6) is 0 Å². The molecule has 0 spiro atoms. The van der Waals surface area contributed by atoms with E-state index in [9.17, 15) is 0 Å². The molecule has 0 saturated heterocycles. The Bertz CT molecular complexity index is 1060. The first-order chi connectivity index (χ1) is 16.4. The van der Waals surface area contributed by atoms with Crippen LogP contribution in [0.25, 0.3) is 10.9 Å². The van der Waals surface area contributed by atoms with Crippen molar-refractivity contribution in [3.05, 3.63) is 95.7 Å². The molecule has 0 saturated carbocycles. The van der Waals surface area contributed by atoms with Crippen LogP contribution in [0.1, 0.15) is 60.4 Å². The minimum atomic E-state index is 0.394. The van der Waals surface area contributed by atoms with Crippen LogP contribution in [0.3, 0.4) is 0 Å². The van der Waals surface area contributed by atoms with Gasteiger partial charge in [0.05, 0.1) is 0 Å². The van der Waals surface area contributed by atoms with E-state index in [1.54, 1.807) is 0 Å². The minimum absolute atomic E-state index is 0.394. The highest BCUT2D eigenvalue weighted by Gasteiger charge is 2.12. The number of hydrogen-bond donors (Lipinski definition) is 0. The molecule has 0 N–H and O–H groups in total. The Hall–Kier alpha value is -3.20. The van der Waals surface area contributed by atoms with Crippen molar-refractivity contribution in [1.29, 1.82) is 0 Å². The van der Waals surface area contributed by atoms with Crippen LogP contribution in [-0.2, 0) is 29.0 Å². The maximum absolute atomic E-state index is 8.00. The molecule has 0 radical (unpaired) electrons. The van der Waals surface area contributed by atoms with Gasteiger partial charge in [0.25, 0.3) is 0 Å². The topological polar surface area (TPSA) is 39.1 Å². The molecule has 0 bridgehead atoms. The van der Waals surface area contributed by atoms with Crippen molar-refractivity contribution >= 4 is 24.5 Å². The summed E-state index contributed by atoms with van der Waals surface area (Å²) >= 11 is 0. The van der Waals surface area contributed by atoms with Crippen molar-refractivity contribution in [2.45, 2.75) is 65.8 Å². The van der Waals surface area contributed by atoms with Gasteiger partial charge in [-0.1, -0.05) is 50.3 Å². The second-order valence-corrected chi connectivity index (χ2v) is 8.94. The minimum Gasteiger partial charge on any atom is -0.347 e. The van der Waals surface area contributed by atoms with E-state index in [4.69, 9.17) is 9.59 Å². The quantitative estimate of drug-likeness (QED) is 0.293. The van der Waals surface area contributed by atoms with Crippen molar-refractivity contribution in [2.75, 3.05) is 0 Å². The zero-order chi connectivity index (χ0) is 25.7. The number of benzene rings is 2. The third-order valence-corrected chi connectivity index (χ3v) is 6.54. The molecule has 3 nitrogen and oxygen atoms in total. The van der Waals surface area contributed by atoms with Gasteiger partial charge in [0.2, 0.25) is 0 Å². The zero-order valence-corrected chi connectivity index (χ0v) is 21.5. The molecule has 1 heterocycles. The van der Waals surface area contributed by atoms with Crippen LogP contribution in [0.15, 0.2) is 67.9 Å². The number of nitrogens with zero attached hydrogens (tertiary/aromatic N) is 1. The molecule has 0 aliphatic rings. The van der Waals surface area contributed by atoms with Gasteiger partial charge >= 0.3 is 0 Å². The Morgan fingerprint density at radius 1 is 0.941 bits per heavy atom. The lowest BCUT2D eigenvalue weighted by molar-refractivity contribution is -0.0987. The fourth-order valence-electron chi connectivity index (χ4n) is 4.47. The maximum Gasteiger partial charge on any atom is 0.106 e. The second kappa shape index (κ2) is 14.8. The van der Waals surface area contributed by atoms with Crippen molar-refractivity contribution < 1.29 is 9.59 Å². The third-order valence-electron chi connectivity index (χ3n) is 6.54. The lowest BCUT2D eigenvalue weighted by Gasteiger charge is -2.15. The third kappa shape index (κ3) is 7.41. The van der Waals surface area contributed by atoms with E-state index in [1.165, 1.54) is 45.1 Å². The Kier molecular flexibility index (Phi) is 12.6. The van der Waals surface area contributed by atoms with Crippen LogP contribution in [0, 0.1) is 19.8 Å². The van der Waals surface area contributed by atoms with Gasteiger partial charge < -0.3 is 14.2 Å². The summed E-state index contributed by atoms with van der Waals surface area (Å²) in [6, 6.07) is 13.8. The molecule has 2 atom stereocenters. The summed E-state index contributed by atoms with van der Waals surface area (Å²) in [7, 11) is 0. The van der Waals surface area contributed by atoms with Crippen molar-refractivity contribution in [3.8, 4) is 0 Å². The molecule has 0 aliphatic heterocycles. The van der Waals surface area contributed by atoms with Gasteiger partial charge in [0.15, 0.2) is 0 Å². The maximum atomic E-state index is 8.00. The summed E-state index contributed by atoms with van der Waals surface area (Å²) < 4.78 is 2.42. The average molecular weight is 460 g/mol. The summed E-state index contributed by atoms with van der Waals surface area (Å²) in [6.07, 6.45) is 10.8. The predicted octanol–water partition coefficient (Wildman–Crippen LogP) is 7.57. The first-order valence-electron chi connectivity index (χ1n) is 11.9. The van der Waals surface area contributed by atoms with Gasteiger partial charge in [0.1, 0.15) is 13.6 Å². The lowest BCUT2D eigenvalue weighted by Crippen LogP contribution is -2.04. The highest BCUT2D eigenvalue weighted by molar-refractivity contribution is 5.85. The van der Waals surface area contributed by atoms with E-state index in [0.29, 0.717) is 11.8 Å². The summed E-state index contributed by atoms with van der Waals surface area (Å²) in [4.78, 5) is 16.0. The van der Waals surface area contributed by atoms with Crippen LogP contribution in [0.4, 0.5) is 0 Å². The molecule has 3 heteroatoms. The van der Waals surface area contributed by atoms with Crippen LogP contribution in [0.2, 0.25) is 0 Å². The molecule has 0 aliphatic carbocycles. The standard InChI is InChI=1S/C29H37N.2CH2O/c1-7-9-10-21(3)19-28-24(6)12-14-29-26(28)16-18-30(29)17-15-25-13-11-23(5)27(20-25)22(4)8-2;2*1-2/h7-8,11-14,16,18,20-22H,1-2,9-10,15,17,19H2,3-6H3;2*1H2. The predicted molar refractivity (Wildman–Crippen MR) is 147 cm³/mol. The summed E-state index contributed by atoms with van der Waals surface area (Å²) in [6.45, 7) is 21.9. The smallest absolute Gasteiger partial charge is 0.106 e. The van der Waals surface area contributed by atoms with E-state index >= 15 is 0 Å². The lowest BCUT2D eigenvalue weighted by atomic mass is 9.92. The second-order valence-electron chi connectivity index (χ2n) is 8.94. The van der Waals surface area contributed by atoms with Crippen LogP contribution < -0.4 is 0 Å². The molecule has 34 heavy (non-hydrogen) atoms. The number of carbonyl (C=O) groups is 2. The van der Waals surface area contributed by atoms with Gasteiger partial charge in [-0.25, -0.2) is 0 Å². The highest BCUT2D eigenvalue weighted by atomic mass is 16.1. The van der Waals surface area contributed by atoms with Gasteiger partial charge in [0, 0.05) is 23.6 Å². The molecular weight excluding hydrogens is 418 g/mol. The number of aryl methyl sites for hydroxylation is 4. The molecular formula is C31H41NO2. The molecule has 0 amide bonds. The average Bonchev–Trinajstić information content (AvgIpc) is 3.29. The molecule has 3 rings (SSSR count). The Morgan fingerprint density at radius 2 is 1.62 bits per heavy atom. The monoisotopic (exact) mass is 459 g/mol.